The van der Waals surface area contributed by atoms with Crippen LogP contribution in [0, 0.1) is 12.8 Å². The maximum atomic E-state index is 10.6. The minimum Gasteiger partial charge on any atom is -0.507 e. The highest BCUT2D eigenvalue weighted by Gasteiger charge is 2.35. The van der Waals surface area contributed by atoms with E-state index >= 15 is 0 Å². The Morgan fingerprint density at radius 2 is 1.90 bits per heavy atom. The molecular weight excluding hydrogens is 532 g/mol. The Balaban J connectivity index is 0.00000160. The summed E-state index contributed by atoms with van der Waals surface area (Å²) in [5.41, 5.74) is 10.3. The summed E-state index contributed by atoms with van der Waals surface area (Å²) in [6.07, 6.45) is 2.99. The predicted octanol–water partition coefficient (Wildman–Crippen LogP) is 5.36. The number of nitrogens with zero attached hydrogens (tertiary/aromatic N) is 1. The molecule has 0 amide bonds. The summed E-state index contributed by atoms with van der Waals surface area (Å²) >= 11 is 6.11. The van der Waals surface area contributed by atoms with Gasteiger partial charge < -0.3 is 15.6 Å². The molecule has 2 aliphatic heterocycles. The van der Waals surface area contributed by atoms with Crippen molar-refractivity contribution in [3.8, 4) is 5.75 Å². The Kier molecular flexibility index (Phi) is 9.65. The molecule has 4 rings (SSSR count). The maximum Gasteiger partial charge on any atom is 0.122 e. The third-order valence-corrected chi connectivity index (χ3v) is 6.51. The lowest BCUT2D eigenvalue weighted by molar-refractivity contribution is -0.0651. The number of likely N-dealkylation sites (tertiary alicyclic amines) is 1. The molecule has 0 aromatic heterocycles. The van der Waals surface area contributed by atoms with Gasteiger partial charge >= 0.3 is 0 Å². The minimum absolute atomic E-state index is 0. The number of phenols is 1. The standard InChI is InChI=1S/C23H29ClN2O2.2BrH/c1-15-5-6-19-20(23(15)27)12-21(28-22(19)13-25)17-7-9-26(10-8-17)14-16-3-2-4-18(24)11-16;;/h2-6,11,17,21-22,27H,7-10,12-14,25H2,1H3;2*1H/t21-,22-;;/m0../s1. The second kappa shape index (κ2) is 11.3. The third kappa shape index (κ3) is 5.59. The van der Waals surface area contributed by atoms with E-state index in [1.165, 1.54) is 5.56 Å². The van der Waals surface area contributed by atoms with Gasteiger partial charge in [-0.25, -0.2) is 0 Å². The molecule has 2 heterocycles. The van der Waals surface area contributed by atoms with Crippen LogP contribution in [-0.4, -0.2) is 35.7 Å². The first kappa shape index (κ1) is 25.6. The molecule has 2 aliphatic rings. The van der Waals surface area contributed by atoms with E-state index in [4.69, 9.17) is 22.1 Å². The first-order chi connectivity index (χ1) is 13.5. The highest BCUT2D eigenvalue weighted by atomic mass is 79.9. The van der Waals surface area contributed by atoms with Crippen molar-refractivity contribution >= 4 is 45.6 Å². The number of piperidine rings is 1. The quantitative estimate of drug-likeness (QED) is 0.527. The average molecular weight is 563 g/mol. The Labute approximate surface area is 205 Å². The molecule has 2 atom stereocenters. The zero-order valence-corrected chi connectivity index (χ0v) is 21.4. The van der Waals surface area contributed by atoms with Crippen molar-refractivity contribution in [3.63, 3.8) is 0 Å². The van der Waals surface area contributed by atoms with E-state index in [0.29, 0.717) is 18.2 Å². The van der Waals surface area contributed by atoms with Crippen LogP contribution in [0.25, 0.3) is 0 Å². The van der Waals surface area contributed by atoms with Gasteiger partial charge in [0.25, 0.3) is 0 Å². The molecule has 1 fully saturated rings. The van der Waals surface area contributed by atoms with E-state index in [1.54, 1.807) is 0 Å². The smallest absolute Gasteiger partial charge is 0.122 e. The lowest BCUT2D eigenvalue weighted by Crippen LogP contribution is -2.41. The van der Waals surface area contributed by atoms with Crippen LogP contribution in [-0.2, 0) is 17.7 Å². The van der Waals surface area contributed by atoms with E-state index in [0.717, 1.165) is 60.6 Å². The molecule has 166 valence electrons. The number of aromatic hydroxyl groups is 1. The summed E-state index contributed by atoms with van der Waals surface area (Å²) in [6.45, 7) is 5.44. The van der Waals surface area contributed by atoms with Crippen LogP contribution in [0.4, 0.5) is 0 Å². The molecule has 0 unspecified atom stereocenters. The highest BCUT2D eigenvalue weighted by Crippen LogP contribution is 2.40. The Morgan fingerprint density at radius 1 is 1.17 bits per heavy atom. The van der Waals surface area contributed by atoms with Gasteiger partial charge in [-0.1, -0.05) is 35.9 Å². The van der Waals surface area contributed by atoms with E-state index < -0.39 is 0 Å². The number of hydrogen-bond acceptors (Lipinski definition) is 4. The number of rotatable bonds is 4. The van der Waals surface area contributed by atoms with Crippen molar-refractivity contribution in [1.29, 1.82) is 0 Å². The SMILES string of the molecule is Br.Br.Cc1ccc2c(c1O)C[C@@H](C1CCN(Cc3cccc(Cl)c3)CC1)O[C@H]2CN. The number of fused-ring (bicyclic) bond motifs is 1. The molecule has 0 spiro atoms. The van der Waals surface area contributed by atoms with Crippen LogP contribution in [0.2, 0.25) is 5.02 Å². The monoisotopic (exact) mass is 560 g/mol. The summed E-state index contributed by atoms with van der Waals surface area (Å²) < 4.78 is 6.39. The largest absolute Gasteiger partial charge is 0.507 e. The topological polar surface area (TPSA) is 58.7 Å². The van der Waals surface area contributed by atoms with Crippen LogP contribution in [0.5, 0.6) is 5.75 Å². The predicted molar refractivity (Wildman–Crippen MR) is 133 cm³/mol. The summed E-state index contributed by atoms with van der Waals surface area (Å²) in [7, 11) is 0. The fraction of sp³-hybridized carbons (Fsp3) is 0.478. The van der Waals surface area contributed by atoms with Gasteiger partial charge in [0.2, 0.25) is 0 Å². The van der Waals surface area contributed by atoms with Gasteiger partial charge in [-0.2, -0.15) is 0 Å². The molecule has 0 saturated carbocycles. The van der Waals surface area contributed by atoms with Gasteiger partial charge in [-0.3, -0.25) is 4.90 Å². The first-order valence-corrected chi connectivity index (χ1v) is 10.6. The Morgan fingerprint density at radius 3 is 2.57 bits per heavy atom. The molecular formula is C23H31Br2ClN2O2. The van der Waals surface area contributed by atoms with E-state index in [9.17, 15) is 5.11 Å². The summed E-state index contributed by atoms with van der Waals surface area (Å²) in [5.74, 6) is 0.917. The van der Waals surface area contributed by atoms with Crippen molar-refractivity contribution in [2.45, 2.75) is 44.9 Å². The van der Waals surface area contributed by atoms with Gasteiger partial charge in [0.05, 0.1) is 12.2 Å². The average Bonchev–Trinajstić information content (AvgIpc) is 2.71. The van der Waals surface area contributed by atoms with Gasteiger partial charge in [-0.15, -0.1) is 34.0 Å². The fourth-order valence-electron chi connectivity index (χ4n) is 4.66. The molecule has 0 radical (unpaired) electrons. The van der Waals surface area contributed by atoms with Crippen molar-refractivity contribution in [1.82, 2.24) is 4.90 Å². The van der Waals surface area contributed by atoms with Crippen LogP contribution in [0.3, 0.4) is 0 Å². The molecule has 4 nitrogen and oxygen atoms in total. The van der Waals surface area contributed by atoms with Crippen LogP contribution >= 0.6 is 45.6 Å². The number of ether oxygens (including phenoxy) is 1. The Hall–Kier alpha value is -0.630. The molecule has 2 aromatic rings. The number of aryl methyl sites for hydroxylation is 1. The Bertz CT molecular complexity index is 844. The second-order valence-corrected chi connectivity index (χ2v) is 8.58. The van der Waals surface area contributed by atoms with Crippen molar-refractivity contribution in [2.75, 3.05) is 19.6 Å². The zero-order chi connectivity index (χ0) is 19.7. The molecule has 30 heavy (non-hydrogen) atoms. The van der Waals surface area contributed by atoms with Crippen LogP contribution in [0.15, 0.2) is 36.4 Å². The van der Waals surface area contributed by atoms with Gasteiger partial charge in [0.15, 0.2) is 0 Å². The summed E-state index contributed by atoms with van der Waals surface area (Å²) in [4.78, 5) is 2.49. The summed E-state index contributed by atoms with van der Waals surface area (Å²) in [6, 6.07) is 12.1. The number of halogens is 3. The molecule has 1 saturated heterocycles. The van der Waals surface area contributed by atoms with Gasteiger partial charge in [-0.05, 0) is 67.6 Å². The van der Waals surface area contributed by atoms with E-state index in [2.05, 4.69) is 17.0 Å². The fourth-order valence-corrected chi connectivity index (χ4v) is 4.87. The van der Waals surface area contributed by atoms with E-state index in [-0.39, 0.29) is 46.2 Å². The highest BCUT2D eigenvalue weighted by molar-refractivity contribution is 8.93. The third-order valence-electron chi connectivity index (χ3n) is 6.28. The van der Waals surface area contributed by atoms with Crippen LogP contribution in [0.1, 0.15) is 41.2 Å². The van der Waals surface area contributed by atoms with E-state index in [1.807, 2.05) is 31.2 Å². The number of nitrogens with two attached hydrogens (primary N) is 1. The molecule has 0 bridgehead atoms. The molecule has 7 heteroatoms. The zero-order valence-electron chi connectivity index (χ0n) is 17.2. The number of hydrogen-bond donors (Lipinski definition) is 2. The van der Waals surface area contributed by atoms with Crippen molar-refractivity contribution in [2.24, 2.45) is 11.7 Å². The minimum atomic E-state index is -0.121. The summed E-state index contributed by atoms with van der Waals surface area (Å²) in [5, 5.41) is 11.4. The second-order valence-electron chi connectivity index (χ2n) is 8.15. The van der Waals surface area contributed by atoms with Gasteiger partial charge in [0.1, 0.15) is 5.75 Å². The van der Waals surface area contributed by atoms with Crippen molar-refractivity contribution in [3.05, 3.63) is 63.7 Å². The lowest BCUT2D eigenvalue weighted by atomic mass is 9.83. The molecule has 2 aromatic carbocycles. The van der Waals surface area contributed by atoms with Gasteiger partial charge in [0, 0.05) is 30.1 Å². The lowest BCUT2D eigenvalue weighted by Gasteiger charge is -2.40. The normalized spacial score (nSPS) is 22.0. The number of benzene rings is 2. The van der Waals surface area contributed by atoms with Crippen LogP contribution < -0.4 is 5.73 Å². The van der Waals surface area contributed by atoms with Crippen molar-refractivity contribution < 1.29 is 9.84 Å². The maximum absolute atomic E-state index is 10.6. The molecule has 0 aliphatic carbocycles. The number of phenolic OH excluding ortho intramolecular Hbond substituents is 1. The first-order valence-electron chi connectivity index (χ1n) is 10.2. The molecule has 3 N–H and O–H groups in total.